The van der Waals surface area contributed by atoms with Crippen LogP contribution in [-0.4, -0.2) is 59.2 Å². The van der Waals surface area contributed by atoms with Gasteiger partial charge in [0.05, 0.1) is 17.9 Å². The largest absolute Gasteiger partial charge is 0.359 e. The minimum Gasteiger partial charge on any atom is -0.359 e. The fourth-order valence-electron chi connectivity index (χ4n) is 7.88. The Balaban J connectivity index is 1.28. The van der Waals surface area contributed by atoms with Crippen LogP contribution in [0.5, 0.6) is 0 Å². The van der Waals surface area contributed by atoms with Gasteiger partial charge in [0.25, 0.3) is 0 Å². The molecule has 1 aromatic carbocycles. The Kier molecular flexibility index (Phi) is 8.07. The highest BCUT2D eigenvalue weighted by molar-refractivity contribution is 7.98. The number of carbonyl (C=O) groups is 3. The van der Waals surface area contributed by atoms with Crippen LogP contribution in [0.2, 0.25) is 0 Å². The number of carbonyl (C=O) groups excluding carboxylic acids is 3. The Bertz CT molecular complexity index is 1260. The first-order valence-corrected chi connectivity index (χ1v) is 16.7. The van der Waals surface area contributed by atoms with Gasteiger partial charge in [-0.3, -0.25) is 14.4 Å². The molecule has 0 radical (unpaired) electrons. The fourth-order valence-corrected chi connectivity index (χ4v) is 8.34. The molecule has 8 atom stereocenters. The standard InChI is InChI=1S/C33H43N3O4S/c1-20-9-7-14-25(21(20)2)35-31(38)29-33-17-15-26(40-33)27(30(37)34-23-12-8-13-24(19-23)41-3)28(33)32(39)36(29)18-16-22-10-5-4-6-11-22/h8,10,12-13,15,17,19-21,25-29H,4-7,9,11,14,16,18H2,1-3H3,(H,34,37)(H,35,38)/t20?,21?,25?,26-,27?,28-,29?,33?/m0/s1. The van der Waals surface area contributed by atoms with Crippen molar-refractivity contribution in [3.05, 3.63) is 48.1 Å². The lowest BCUT2D eigenvalue weighted by Crippen LogP contribution is -2.58. The number of nitrogens with one attached hydrogen (secondary N) is 2. The Hall–Kier alpha value is -2.58. The van der Waals surface area contributed by atoms with Crippen LogP contribution in [0.25, 0.3) is 0 Å². The number of nitrogens with zero attached hydrogens (tertiary/aromatic N) is 1. The van der Waals surface area contributed by atoms with E-state index >= 15 is 0 Å². The Labute approximate surface area is 247 Å². The number of benzene rings is 1. The quantitative estimate of drug-likeness (QED) is 0.322. The molecule has 2 bridgehead atoms. The van der Waals surface area contributed by atoms with Crippen molar-refractivity contribution in [2.75, 3.05) is 18.1 Å². The van der Waals surface area contributed by atoms with Crippen molar-refractivity contribution in [1.82, 2.24) is 10.2 Å². The number of thioether (sulfide) groups is 1. The molecule has 2 saturated heterocycles. The number of allylic oxidation sites excluding steroid dienone is 1. The van der Waals surface area contributed by atoms with Gasteiger partial charge in [-0.15, -0.1) is 11.8 Å². The molecule has 2 N–H and O–H groups in total. The molecule has 3 aliphatic heterocycles. The normalized spacial score (nSPS) is 35.8. The molecule has 41 heavy (non-hydrogen) atoms. The van der Waals surface area contributed by atoms with Crippen molar-refractivity contribution in [2.24, 2.45) is 23.7 Å². The van der Waals surface area contributed by atoms with E-state index in [1.807, 2.05) is 42.7 Å². The van der Waals surface area contributed by atoms with E-state index in [4.69, 9.17) is 4.74 Å². The second kappa shape index (κ2) is 11.6. The summed E-state index contributed by atoms with van der Waals surface area (Å²) < 4.78 is 6.55. The van der Waals surface area contributed by atoms with E-state index in [2.05, 4.69) is 30.6 Å². The number of amides is 3. The third-order valence-electron chi connectivity index (χ3n) is 10.4. The van der Waals surface area contributed by atoms with Crippen molar-refractivity contribution in [1.29, 1.82) is 0 Å². The predicted molar refractivity (Wildman–Crippen MR) is 161 cm³/mol. The monoisotopic (exact) mass is 577 g/mol. The SMILES string of the molecule is CSc1cccc(NC(=O)C2[C@@H]3C=CC4(O3)C(C(=O)NC3CCCC(C)C3C)N(CCC3=CCCCC3)C(=O)[C@H]24)c1. The van der Waals surface area contributed by atoms with Gasteiger partial charge in [0.15, 0.2) is 0 Å². The molecule has 2 aliphatic carbocycles. The van der Waals surface area contributed by atoms with Crippen LogP contribution in [0.15, 0.2) is 53.0 Å². The number of anilines is 1. The minimum atomic E-state index is -1.13. The van der Waals surface area contributed by atoms with E-state index in [1.54, 1.807) is 16.7 Å². The molecule has 7 nitrogen and oxygen atoms in total. The van der Waals surface area contributed by atoms with Crippen LogP contribution >= 0.6 is 11.8 Å². The molecule has 3 amide bonds. The van der Waals surface area contributed by atoms with Gasteiger partial charge in [-0.2, -0.15) is 0 Å². The molecular formula is C33H43N3O4S. The highest BCUT2D eigenvalue weighted by Crippen LogP contribution is 2.55. The highest BCUT2D eigenvalue weighted by Gasteiger charge is 2.72. The Morgan fingerprint density at radius 1 is 1.15 bits per heavy atom. The molecule has 3 fully saturated rings. The minimum absolute atomic E-state index is 0.0742. The first-order chi connectivity index (χ1) is 19.8. The van der Waals surface area contributed by atoms with Gasteiger partial charge in [-0.25, -0.2) is 0 Å². The van der Waals surface area contributed by atoms with Gasteiger partial charge < -0.3 is 20.3 Å². The number of rotatable bonds is 8. The maximum Gasteiger partial charge on any atom is 0.246 e. The van der Waals surface area contributed by atoms with Crippen molar-refractivity contribution in [3.63, 3.8) is 0 Å². The molecule has 8 heteroatoms. The summed E-state index contributed by atoms with van der Waals surface area (Å²) in [7, 11) is 0. The van der Waals surface area contributed by atoms with Crippen LogP contribution in [0.1, 0.15) is 65.2 Å². The molecule has 6 rings (SSSR count). The zero-order valence-electron chi connectivity index (χ0n) is 24.4. The molecule has 3 heterocycles. The van der Waals surface area contributed by atoms with E-state index < -0.39 is 29.6 Å². The zero-order chi connectivity index (χ0) is 28.7. The summed E-state index contributed by atoms with van der Waals surface area (Å²) >= 11 is 1.61. The molecule has 6 unspecified atom stereocenters. The smallest absolute Gasteiger partial charge is 0.246 e. The van der Waals surface area contributed by atoms with Crippen LogP contribution in [0.3, 0.4) is 0 Å². The second-order valence-electron chi connectivity index (χ2n) is 12.7. The van der Waals surface area contributed by atoms with E-state index in [0.717, 1.165) is 37.0 Å². The number of hydrogen-bond acceptors (Lipinski definition) is 5. The summed E-state index contributed by atoms with van der Waals surface area (Å²) in [5.41, 5.74) is 0.930. The fraction of sp³-hybridized carbons (Fsp3) is 0.606. The van der Waals surface area contributed by atoms with Crippen molar-refractivity contribution in [2.45, 2.75) is 93.9 Å². The van der Waals surface area contributed by atoms with E-state index in [9.17, 15) is 14.4 Å². The van der Waals surface area contributed by atoms with Gasteiger partial charge >= 0.3 is 0 Å². The lowest BCUT2D eigenvalue weighted by molar-refractivity contribution is -0.141. The summed E-state index contributed by atoms with van der Waals surface area (Å²) in [4.78, 5) is 45.0. The maximum absolute atomic E-state index is 14.3. The second-order valence-corrected chi connectivity index (χ2v) is 13.6. The van der Waals surface area contributed by atoms with Crippen LogP contribution in [0.4, 0.5) is 5.69 Å². The first-order valence-electron chi connectivity index (χ1n) is 15.4. The zero-order valence-corrected chi connectivity index (χ0v) is 25.3. The van der Waals surface area contributed by atoms with E-state index in [-0.39, 0.29) is 23.8 Å². The third-order valence-corrected chi connectivity index (χ3v) is 11.1. The van der Waals surface area contributed by atoms with Crippen LogP contribution in [-0.2, 0) is 19.1 Å². The number of hydrogen-bond donors (Lipinski definition) is 2. The van der Waals surface area contributed by atoms with Gasteiger partial charge in [0.2, 0.25) is 17.7 Å². The topological polar surface area (TPSA) is 87.7 Å². The third kappa shape index (κ3) is 5.16. The number of ether oxygens (including phenoxy) is 1. The molecule has 0 aromatic heterocycles. The summed E-state index contributed by atoms with van der Waals surface area (Å²) in [5.74, 6) is -1.03. The van der Waals surface area contributed by atoms with Crippen LogP contribution < -0.4 is 10.6 Å². The van der Waals surface area contributed by atoms with E-state index in [0.29, 0.717) is 24.1 Å². The van der Waals surface area contributed by atoms with Gasteiger partial charge in [-0.05, 0) is 74.8 Å². The predicted octanol–water partition coefficient (Wildman–Crippen LogP) is 5.33. The number of likely N-dealkylation sites (tertiary alicyclic amines) is 1. The summed E-state index contributed by atoms with van der Waals surface area (Å²) in [6.07, 6.45) is 16.0. The summed E-state index contributed by atoms with van der Waals surface area (Å²) in [6, 6.07) is 7.00. The van der Waals surface area contributed by atoms with Crippen molar-refractivity contribution >= 4 is 35.2 Å². The average molecular weight is 578 g/mol. The molecular weight excluding hydrogens is 534 g/mol. The maximum atomic E-state index is 14.3. The van der Waals surface area contributed by atoms with Crippen molar-refractivity contribution in [3.8, 4) is 0 Å². The first kappa shape index (κ1) is 28.5. The summed E-state index contributed by atoms with van der Waals surface area (Å²) in [6.45, 7) is 4.93. The van der Waals surface area contributed by atoms with Gasteiger partial charge in [0, 0.05) is 23.2 Å². The highest BCUT2D eigenvalue weighted by atomic mass is 32.2. The lowest BCUT2D eigenvalue weighted by Gasteiger charge is -2.38. The molecule has 220 valence electrons. The lowest BCUT2D eigenvalue weighted by atomic mass is 9.73. The van der Waals surface area contributed by atoms with Crippen molar-refractivity contribution < 1.29 is 19.1 Å². The van der Waals surface area contributed by atoms with Crippen LogP contribution in [0, 0.1) is 23.7 Å². The molecule has 1 aromatic rings. The Morgan fingerprint density at radius 2 is 2.00 bits per heavy atom. The Morgan fingerprint density at radius 3 is 2.78 bits per heavy atom. The summed E-state index contributed by atoms with van der Waals surface area (Å²) in [5, 5.41) is 6.40. The molecule has 1 saturated carbocycles. The molecule has 5 aliphatic rings. The molecule has 1 spiro atoms. The van der Waals surface area contributed by atoms with E-state index in [1.165, 1.54) is 24.8 Å². The van der Waals surface area contributed by atoms with Gasteiger partial charge in [0.1, 0.15) is 11.6 Å². The van der Waals surface area contributed by atoms with Gasteiger partial charge in [-0.1, -0.05) is 56.6 Å². The average Bonchev–Trinajstić information content (AvgIpc) is 3.62. The number of fused-ring (bicyclic) bond motifs is 1.